The molecule has 8 N–H and O–H groups in total. The lowest BCUT2D eigenvalue weighted by Crippen LogP contribution is -2.06. The van der Waals surface area contributed by atoms with E-state index in [1.165, 1.54) is 0 Å². The fraction of sp³-hybridized carbons (Fsp3) is 0. The lowest BCUT2D eigenvalue weighted by molar-refractivity contribution is 0.381. The molecule has 0 aliphatic carbocycles. The molecule has 0 saturated heterocycles. The topological polar surface area (TPSA) is 204 Å². The molecule has 0 atom stereocenters. The number of benzene rings is 1. The summed E-state index contributed by atoms with van der Waals surface area (Å²) in [5.41, 5.74) is 19.3. The van der Waals surface area contributed by atoms with Gasteiger partial charge in [-0.05, 0) is 0 Å². The summed E-state index contributed by atoms with van der Waals surface area (Å²) in [6, 6.07) is 9.47. The maximum atomic E-state index is 8.74. The molecule has 0 saturated carbocycles. The smallest absolute Gasteiger partial charge is 0.382 e. The summed E-state index contributed by atoms with van der Waals surface area (Å²) in [4.78, 5) is 16.4. The van der Waals surface area contributed by atoms with E-state index in [9.17, 15) is 0 Å². The number of rotatable bonds is 1. The van der Waals surface area contributed by atoms with Crippen LogP contribution in [0, 0.1) is 0 Å². The number of nitrogen functional groups attached to an aromatic ring is 3. The normalized spacial score (nSPS) is 10.9. The van der Waals surface area contributed by atoms with Crippen molar-refractivity contribution in [3.8, 4) is 11.3 Å². The molecule has 126 valence electrons. The molecule has 0 amide bonds. The van der Waals surface area contributed by atoms with Gasteiger partial charge in [0.1, 0.15) is 5.69 Å². The van der Waals surface area contributed by atoms with Crippen LogP contribution in [0.15, 0.2) is 30.3 Å². The SMILES string of the molecule is Nc1nc(N)c2nc(-c3ccccc3)c(N)nc2n1.O=S(=O)(O)O. The number of anilines is 3. The Bertz CT molecular complexity index is 972. The van der Waals surface area contributed by atoms with Crippen molar-refractivity contribution in [3.05, 3.63) is 30.3 Å². The predicted molar refractivity (Wildman–Crippen MR) is 88.0 cm³/mol. The summed E-state index contributed by atoms with van der Waals surface area (Å²) in [6.45, 7) is 0. The maximum Gasteiger partial charge on any atom is 0.394 e. The van der Waals surface area contributed by atoms with Crippen LogP contribution in [0.5, 0.6) is 0 Å². The average molecular weight is 351 g/mol. The average Bonchev–Trinajstić information content (AvgIpc) is 2.45. The Morgan fingerprint density at radius 3 is 2.00 bits per heavy atom. The van der Waals surface area contributed by atoms with Crippen LogP contribution in [0.4, 0.5) is 17.6 Å². The first-order valence-corrected chi connectivity index (χ1v) is 7.66. The summed E-state index contributed by atoms with van der Waals surface area (Å²) >= 11 is 0. The quantitative estimate of drug-likeness (QED) is 0.374. The van der Waals surface area contributed by atoms with Gasteiger partial charge in [0.05, 0.1) is 0 Å². The van der Waals surface area contributed by atoms with E-state index < -0.39 is 10.4 Å². The Morgan fingerprint density at radius 1 is 0.833 bits per heavy atom. The molecule has 3 rings (SSSR count). The van der Waals surface area contributed by atoms with Crippen LogP contribution >= 0.6 is 0 Å². The first-order chi connectivity index (χ1) is 11.1. The van der Waals surface area contributed by atoms with Gasteiger partial charge in [0, 0.05) is 5.56 Å². The molecule has 3 aromatic rings. The third-order valence-electron chi connectivity index (χ3n) is 2.65. The van der Waals surface area contributed by atoms with E-state index in [1.807, 2.05) is 30.3 Å². The van der Waals surface area contributed by atoms with E-state index in [0.717, 1.165) is 5.56 Å². The second-order valence-electron chi connectivity index (χ2n) is 4.41. The van der Waals surface area contributed by atoms with Crippen LogP contribution in [0.2, 0.25) is 0 Å². The highest BCUT2D eigenvalue weighted by molar-refractivity contribution is 7.79. The molecule has 0 unspecified atom stereocenters. The summed E-state index contributed by atoms with van der Waals surface area (Å²) < 4.78 is 31.6. The zero-order valence-electron chi connectivity index (χ0n) is 12.0. The molecule has 12 heteroatoms. The predicted octanol–water partition coefficient (Wildman–Crippen LogP) is 0.181. The first-order valence-electron chi connectivity index (χ1n) is 6.26. The van der Waals surface area contributed by atoms with Gasteiger partial charge >= 0.3 is 10.4 Å². The third kappa shape index (κ3) is 4.45. The molecule has 0 bridgehead atoms. The van der Waals surface area contributed by atoms with Gasteiger partial charge < -0.3 is 17.2 Å². The van der Waals surface area contributed by atoms with Crippen LogP contribution in [-0.2, 0) is 10.4 Å². The Kier molecular flexibility index (Phi) is 4.73. The number of nitrogens with two attached hydrogens (primary N) is 3. The van der Waals surface area contributed by atoms with Gasteiger partial charge in [0.25, 0.3) is 0 Å². The van der Waals surface area contributed by atoms with Crippen LogP contribution in [0.3, 0.4) is 0 Å². The van der Waals surface area contributed by atoms with Crippen molar-refractivity contribution in [1.82, 2.24) is 19.9 Å². The van der Waals surface area contributed by atoms with E-state index in [0.29, 0.717) is 16.9 Å². The summed E-state index contributed by atoms with van der Waals surface area (Å²) in [5, 5.41) is 0. The zero-order chi connectivity index (χ0) is 17.9. The number of hydrogen-bond acceptors (Lipinski definition) is 9. The fourth-order valence-electron chi connectivity index (χ4n) is 1.81. The minimum atomic E-state index is -4.67. The number of hydrogen-bond donors (Lipinski definition) is 5. The molecule has 0 aliphatic heterocycles. The lowest BCUT2D eigenvalue weighted by Gasteiger charge is -2.07. The van der Waals surface area contributed by atoms with Gasteiger partial charge in [-0.3, -0.25) is 9.11 Å². The highest BCUT2D eigenvalue weighted by atomic mass is 32.3. The van der Waals surface area contributed by atoms with Crippen molar-refractivity contribution in [2.75, 3.05) is 17.2 Å². The molecule has 0 fully saturated rings. The van der Waals surface area contributed by atoms with Crippen molar-refractivity contribution in [2.45, 2.75) is 0 Å². The summed E-state index contributed by atoms with van der Waals surface area (Å²) in [6.07, 6.45) is 0. The van der Waals surface area contributed by atoms with E-state index >= 15 is 0 Å². The van der Waals surface area contributed by atoms with E-state index in [4.69, 9.17) is 34.7 Å². The molecule has 0 spiro atoms. The highest BCUT2D eigenvalue weighted by Gasteiger charge is 2.12. The fourth-order valence-corrected chi connectivity index (χ4v) is 1.81. The first kappa shape index (κ1) is 17.3. The molecule has 2 aromatic heterocycles. The van der Waals surface area contributed by atoms with Crippen LogP contribution in [0.25, 0.3) is 22.4 Å². The largest absolute Gasteiger partial charge is 0.394 e. The van der Waals surface area contributed by atoms with Gasteiger partial charge in [-0.15, -0.1) is 0 Å². The molecule has 1 aromatic carbocycles. The number of aromatic nitrogens is 4. The number of fused-ring (bicyclic) bond motifs is 1. The van der Waals surface area contributed by atoms with Crippen molar-refractivity contribution >= 4 is 39.1 Å². The van der Waals surface area contributed by atoms with Crippen LogP contribution in [0.1, 0.15) is 0 Å². The van der Waals surface area contributed by atoms with Crippen molar-refractivity contribution in [3.63, 3.8) is 0 Å². The minimum Gasteiger partial charge on any atom is -0.382 e. The standard InChI is InChI=1S/C12H11N7.H2O4S/c13-9-7(6-4-2-1-3-5-6)16-8-10(14)18-12(15)19-11(8)17-9;1-5(2,3)4/h1-5H,(H6,13,14,15,17,18,19);(H2,1,2,3,4). The van der Waals surface area contributed by atoms with Crippen molar-refractivity contribution in [1.29, 1.82) is 0 Å². The Morgan fingerprint density at radius 2 is 1.42 bits per heavy atom. The van der Waals surface area contributed by atoms with Gasteiger partial charge in [0.15, 0.2) is 22.8 Å². The number of nitrogens with zero attached hydrogens (tertiary/aromatic N) is 4. The van der Waals surface area contributed by atoms with E-state index in [2.05, 4.69) is 19.9 Å². The lowest BCUT2D eigenvalue weighted by atomic mass is 10.1. The second-order valence-corrected chi connectivity index (χ2v) is 5.31. The van der Waals surface area contributed by atoms with Gasteiger partial charge in [-0.25, -0.2) is 9.97 Å². The Balaban J connectivity index is 0.000000368. The molecule has 0 aliphatic rings. The zero-order valence-corrected chi connectivity index (χ0v) is 12.8. The maximum absolute atomic E-state index is 8.74. The molecule has 11 nitrogen and oxygen atoms in total. The van der Waals surface area contributed by atoms with Gasteiger partial charge in [-0.2, -0.15) is 18.4 Å². The summed E-state index contributed by atoms with van der Waals surface area (Å²) in [7, 11) is -4.67. The van der Waals surface area contributed by atoms with Gasteiger partial charge in [-0.1, -0.05) is 30.3 Å². The molecule has 2 heterocycles. The van der Waals surface area contributed by atoms with Crippen molar-refractivity contribution < 1.29 is 17.5 Å². The molecular formula is C12H13N7O4S. The third-order valence-corrected chi connectivity index (χ3v) is 2.65. The van der Waals surface area contributed by atoms with E-state index in [1.54, 1.807) is 0 Å². The van der Waals surface area contributed by atoms with E-state index in [-0.39, 0.29) is 17.6 Å². The van der Waals surface area contributed by atoms with Gasteiger partial charge in [0.2, 0.25) is 5.95 Å². The second kappa shape index (κ2) is 6.57. The molecule has 24 heavy (non-hydrogen) atoms. The van der Waals surface area contributed by atoms with Crippen LogP contribution < -0.4 is 17.2 Å². The molecule has 0 radical (unpaired) electrons. The molecular weight excluding hydrogens is 338 g/mol. The Labute approximate surface area is 136 Å². The van der Waals surface area contributed by atoms with Crippen LogP contribution in [-0.4, -0.2) is 37.5 Å². The monoisotopic (exact) mass is 351 g/mol. The highest BCUT2D eigenvalue weighted by Crippen LogP contribution is 2.25. The minimum absolute atomic E-state index is 0.0474. The van der Waals surface area contributed by atoms with Crippen molar-refractivity contribution in [2.24, 2.45) is 0 Å². The summed E-state index contributed by atoms with van der Waals surface area (Å²) in [5.74, 6) is 0.509. The Hall–Kier alpha value is -3.09.